The number of rotatable bonds is 5. The third-order valence-corrected chi connectivity index (χ3v) is 3.70. The van der Waals surface area contributed by atoms with Crippen molar-refractivity contribution >= 4 is 28.8 Å². The number of hydrogen-bond donors (Lipinski definition) is 0. The smallest absolute Gasteiger partial charge is 0.258 e. The summed E-state index contributed by atoms with van der Waals surface area (Å²) in [6.45, 7) is 0. The highest BCUT2D eigenvalue weighted by Crippen LogP contribution is 2.37. The van der Waals surface area contributed by atoms with Crippen LogP contribution in [0.5, 0.6) is 0 Å². The van der Waals surface area contributed by atoms with Gasteiger partial charge in [0.05, 0.1) is 25.7 Å². The Morgan fingerprint density at radius 1 is 0.727 bits per heavy atom. The second-order valence-electron chi connectivity index (χ2n) is 4.02. The van der Waals surface area contributed by atoms with E-state index in [9.17, 15) is 30.3 Å². The van der Waals surface area contributed by atoms with Crippen molar-refractivity contribution in [3.63, 3.8) is 0 Å². The molecule has 2 rings (SSSR count). The molecule has 0 spiro atoms. The molecule has 0 aliphatic heterocycles. The molecular weight excluding hydrogens is 314 g/mol. The fraction of sp³-hybridized carbons (Fsp3) is 0. The maximum Gasteiger partial charge on any atom is 0.290 e. The fourth-order valence-electron chi connectivity index (χ4n) is 1.61. The molecule has 0 bridgehead atoms. The molecular formula is C12H7N3O6S. The van der Waals surface area contributed by atoms with E-state index < -0.39 is 20.5 Å². The minimum absolute atomic E-state index is 0.0949. The summed E-state index contributed by atoms with van der Waals surface area (Å²) >= 11 is 0.997. The monoisotopic (exact) mass is 321 g/mol. The summed E-state index contributed by atoms with van der Waals surface area (Å²) in [5.74, 6) is 0. The molecule has 112 valence electrons. The van der Waals surface area contributed by atoms with Crippen molar-refractivity contribution in [2.24, 2.45) is 0 Å². The van der Waals surface area contributed by atoms with E-state index in [0.29, 0.717) is 4.90 Å². The van der Waals surface area contributed by atoms with Gasteiger partial charge in [-0.1, -0.05) is 11.8 Å². The average Bonchev–Trinajstić information content (AvgIpc) is 2.47. The van der Waals surface area contributed by atoms with Gasteiger partial charge in [0, 0.05) is 23.1 Å². The molecule has 0 amide bonds. The van der Waals surface area contributed by atoms with E-state index in [1.807, 2.05) is 0 Å². The van der Waals surface area contributed by atoms with Crippen molar-refractivity contribution in [3.05, 3.63) is 72.8 Å². The second kappa shape index (κ2) is 6.18. The highest BCUT2D eigenvalue weighted by atomic mass is 32.2. The van der Waals surface area contributed by atoms with E-state index in [0.717, 1.165) is 17.8 Å². The molecule has 0 saturated heterocycles. The zero-order chi connectivity index (χ0) is 16.3. The minimum atomic E-state index is -0.715. The highest BCUT2D eigenvalue weighted by molar-refractivity contribution is 7.99. The van der Waals surface area contributed by atoms with Crippen molar-refractivity contribution in [2.45, 2.75) is 9.79 Å². The van der Waals surface area contributed by atoms with Gasteiger partial charge < -0.3 is 0 Å². The molecule has 2 aromatic rings. The van der Waals surface area contributed by atoms with Gasteiger partial charge in [-0.25, -0.2) is 0 Å². The zero-order valence-electron chi connectivity index (χ0n) is 10.7. The van der Waals surface area contributed by atoms with E-state index in [1.165, 1.54) is 36.4 Å². The SMILES string of the molecule is O=[N+]([O-])c1ccc(Sc2ccc([N+](=O)[O-])cc2[N+](=O)[O-])cc1. The Morgan fingerprint density at radius 3 is 1.77 bits per heavy atom. The lowest BCUT2D eigenvalue weighted by atomic mass is 10.3. The van der Waals surface area contributed by atoms with Gasteiger partial charge in [0.15, 0.2) is 0 Å². The lowest BCUT2D eigenvalue weighted by Crippen LogP contribution is -1.94. The summed E-state index contributed by atoms with van der Waals surface area (Å²) in [7, 11) is 0. The number of nitrogens with zero attached hydrogens (tertiary/aromatic N) is 3. The third-order valence-electron chi connectivity index (χ3n) is 2.63. The number of nitro benzene ring substituents is 3. The van der Waals surface area contributed by atoms with Crippen molar-refractivity contribution in [1.82, 2.24) is 0 Å². The molecule has 9 nitrogen and oxygen atoms in total. The van der Waals surface area contributed by atoms with E-state index in [1.54, 1.807) is 0 Å². The molecule has 0 aliphatic rings. The van der Waals surface area contributed by atoms with Gasteiger partial charge in [0.1, 0.15) is 0 Å². The minimum Gasteiger partial charge on any atom is -0.258 e. The summed E-state index contributed by atoms with van der Waals surface area (Å²) in [5.41, 5.74) is -0.861. The Labute approximate surface area is 127 Å². The normalized spacial score (nSPS) is 10.2. The summed E-state index contributed by atoms with van der Waals surface area (Å²) < 4.78 is 0. The number of benzene rings is 2. The van der Waals surface area contributed by atoms with E-state index in [4.69, 9.17) is 0 Å². The van der Waals surface area contributed by atoms with Crippen LogP contribution in [0.2, 0.25) is 0 Å². The molecule has 0 heterocycles. The number of hydrogen-bond acceptors (Lipinski definition) is 7. The molecule has 22 heavy (non-hydrogen) atoms. The van der Waals surface area contributed by atoms with E-state index >= 15 is 0 Å². The predicted octanol–water partition coefficient (Wildman–Crippen LogP) is 3.56. The first-order valence-corrected chi connectivity index (χ1v) is 6.55. The molecule has 0 saturated carbocycles. The van der Waals surface area contributed by atoms with Crippen LogP contribution in [0.4, 0.5) is 17.1 Å². The van der Waals surface area contributed by atoms with Gasteiger partial charge in [-0.3, -0.25) is 30.3 Å². The summed E-state index contributed by atoms with van der Waals surface area (Å²) in [6.07, 6.45) is 0. The largest absolute Gasteiger partial charge is 0.290 e. The van der Waals surface area contributed by atoms with Crippen LogP contribution in [0.3, 0.4) is 0 Å². The molecule has 0 fully saturated rings. The van der Waals surface area contributed by atoms with Crippen LogP contribution >= 0.6 is 11.8 Å². The Bertz CT molecular complexity index is 762. The maximum atomic E-state index is 11.0. The van der Waals surface area contributed by atoms with Crippen LogP contribution in [0.1, 0.15) is 0 Å². The highest BCUT2D eigenvalue weighted by Gasteiger charge is 2.20. The third kappa shape index (κ3) is 3.35. The Morgan fingerprint density at radius 2 is 1.27 bits per heavy atom. The zero-order valence-corrected chi connectivity index (χ0v) is 11.6. The second-order valence-corrected chi connectivity index (χ2v) is 5.13. The lowest BCUT2D eigenvalue weighted by molar-refractivity contribution is -0.396. The first-order chi connectivity index (χ1) is 10.4. The van der Waals surface area contributed by atoms with Crippen LogP contribution in [-0.4, -0.2) is 14.8 Å². The molecule has 0 aliphatic carbocycles. The van der Waals surface area contributed by atoms with Crippen molar-refractivity contribution < 1.29 is 14.8 Å². The summed E-state index contributed by atoms with van der Waals surface area (Å²) in [6, 6.07) is 8.79. The van der Waals surface area contributed by atoms with Gasteiger partial charge in [-0.2, -0.15) is 0 Å². The van der Waals surface area contributed by atoms with Crippen LogP contribution in [-0.2, 0) is 0 Å². The topological polar surface area (TPSA) is 129 Å². The predicted molar refractivity (Wildman–Crippen MR) is 77.0 cm³/mol. The standard InChI is InChI=1S/C12H7N3O6S/c16-13(17)8-1-4-10(5-2-8)22-12-6-3-9(14(18)19)7-11(12)15(20)21/h1-7H. The number of non-ortho nitro benzene ring substituents is 2. The van der Waals surface area contributed by atoms with E-state index in [2.05, 4.69) is 0 Å². The summed E-state index contributed by atoms with van der Waals surface area (Å²) in [4.78, 5) is 31.0. The van der Waals surface area contributed by atoms with Crippen LogP contribution in [0.25, 0.3) is 0 Å². The molecule has 0 aromatic heterocycles. The molecule has 0 N–H and O–H groups in total. The molecule has 0 radical (unpaired) electrons. The van der Waals surface area contributed by atoms with E-state index in [-0.39, 0.29) is 16.3 Å². The summed E-state index contributed by atoms with van der Waals surface area (Å²) in [5, 5.41) is 32.2. The lowest BCUT2D eigenvalue weighted by Gasteiger charge is -2.03. The van der Waals surface area contributed by atoms with Gasteiger partial charge in [-0.05, 0) is 18.2 Å². The number of nitro groups is 3. The molecule has 2 aromatic carbocycles. The van der Waals surface area contributed by atoms with Gasteiger partial charge in [0.25, 0.3) is 17.1 Å². The van der Waals surface area contributed by atoms with Crippen molar-refractivity contribution in [3.8, 4) is 0 Å². The maximum absolute atomic E-state index is 11.0. The van der Waals surface area contributed by atoms with Gasteiger partial charge in [0.2, 0.25) is 0 Å². The van der Waals surface area contributed by atoms with Crippen molar-refractivity contribution in [2.75, 3.05) is 0 Å². The quantitative estimate of drug-likeness (QED) is 0.607. The Kier molecular flexibility index (Phi) is 4.32. The molecule has 10 heteroatoms. The first-order valence-electron chi connectivity index (χ1n) is 5.73. The average molecular weight is 321 g/mol. The van der Waals surface area contributed by atoms with Crippen LogP contribution in [0.15, 0.2) is 52.3 Å². The van der Waals surface area contributed by atoms with Crippen molar-refractivity contribution in [1.29, 1.82) is 0 Å². The van der Waals surface area contributed by atoms with Crippen LogP contribution < -0.4 is 0 Å². The molecule has 0 atom stereocenters. The molecule has 0 unspecified atom stereocenters. The van der Waals surface area contributed by atoms with Gasteiger partial charge >= 0.3 is 0 Å². The Hall–Kier alpha value is -3.01. The van der Waals surface area contributed by atoms with Gasteiger partial charge in [-0.15, -0.1) is 0 Å². The van der Waals surface area contributed by atoms with Crippen LogP contribution in [0, 0.1) is 30.3 Å². The first kappa shape index (κ1) is 15.4. The Balaban J connectivity index is 2.34. The fourth-order valence-corrected chi connectivity index (χ4v) is 2.51.